The molecule has 0 spiro atoms. The Kier molecular flexibility index (Phi) is 5.45. The van der Waals surface area contributed by atoms with Crippen LogP contribution in [0.25, 0.3) is 0 Å². The molecule has 3 nitrogen and oxygen atoms in total. The monoisotopic (exact) mass is 199 g/mol. The lowest BCUT2D eigenvalue weighted by molar-refractivity contribution is 0.205. The van der Waals surface area contributed by atoms with Crippen LogP contribution in [0, 0.1) is 0 Å². The Labute approximate surface area is 88.0 Å². The topological polar surface area (TPSA) is 41.3 Å². The van der Waals surface area contributed by atoms with Crippen LogP contribution in [0.2, 0.25) is 0 Å². The predicted molar refractivity (Wildman–Crippen MR) is 61.4 cm³/mol. The van der Waals surface area contributed by atoms with E-state index in [2.05, 4.69) is 24.1 Å². The van der Waals surface area contributed by atoms with Crippen molar-refractivity contribution in [2.45, 2.75) is 45.2 Å². The minimum absolute atomic E-state index is 0.440. The highest BCUT2D eigenvalue weighted by molar-refractivity contribution is 4.74. The minimum atomic E-state index is 0.440. The van der Waals surface area contributed by atoms with Crippen molar-refractivity contribution < 1.29 is 0 Å². The molecule has 1 aliphatic heterocycles. The van der Waals surface area contributed by atoms with Gasteiger partial charge in [0.2, 0.25) is 0 Å². The summed E-state index contributed by atoms with van der Waals surface area (Å²) in [5.41, 5.74) is 5.58. The Morgan fingerprint density at radius 3 is 2.36 bits per heavy atom. The number of rotatable bonds is 5. The first-order chi connectivity index (χ1) is 6.72. The summed E-state index contributed by atoms with van der Waals surface area (Å²) in [6, 6.07) is 1.00. The second-order valence-electron chi connectivity index (χ2n) is 4.57. The second-order valence-corrected chi connectivity index (χ2v) is 4.57. The third-order valence-corrected chi connectivity index (χ3v) is 2.90. The van der Waals surface area contributed by atoms with Crippen LogP contribution < -0.4 is 11.1 Å². The SMILES string of the molecule is CC(CN)NC(C)CN1CCCCC1. The molecular formula is C11H25N3. The molecule has 2 atom stereocenters. The summed E-state index contributed by atoms with van der Waals surface area (Å²) in [5.74, 6) is 0. The summed E-state index contributed by atoms with van der Waals surface area (Å²) in [6.45, 7) is 8.86. The van der Waals surface area contributed by atoms with Crippen molar-refractivity contribution in [2.75, 3.05) is 26.2 Å². The van der Waals surface area contributed by atoms with E-state index < -0.39 is 0 Å². The summed E-state index contributed by atoms with van der Waals surface area (Å²) in [4.78, 5) is 2.56. The van der Waals surface area contributed by atoms with Gasteiger partial charge in [0.1, 0.15) is 0 Å². The maximum atomic E-state index is 5.58. The Hall–Kier alpha value is -0.120. The van der Waals surface area contributed by atoms with Gasteiger partial charge in [0.25, 0.3) is 0 Å². The molecule has 1 aliphatic rings. The molecule has 0 aromatic heterocycles. The van der Waals surface area contributed by atoms with Gasteiger partial charge in [-0.3, -0.25) is 0 Å². The highest BCUT2D eigenvalue weighted by atomic mass is 15.2. The summed E-state index contributed by atoms with van der Waals surface area (Å²) in [6.07, 6.45) is 4.16. The van der Waals surface area contributed by atoms with E-state index in [1.165, 1.54) is 38.9 Å². The molecule has 3 N–H and O–H groups in total. The molecule has 2 unspecified atom stereocenters. The number of nitrogens with one attached hydrogen (secondary N) is 1. The van der Waals surface area contributed by atoms with Gasteiger partial charge in [-0.05, 0) is 39.8 Å². The fourth-order valence-corrected chi connectivity index (χ4v) is 2.14. The summed E-state index contributed by atoms with van der Waals surface area (Å²) in [7, 11) is 0. The lowest BCUT2D eigenvalue weighted by Gasteiger charge is -2.30. The molecule has 3 heteroatoms. The number of nitrogens with two attached hydrogens (primary N) is 1. The van der Waals surface area contributed by atoms with Gasteiger partial charge in [-0.2, -0.15) is 0 Å². The fraction of sp³-hybridized carbons (Fsp3) is 1.00. The molecule has 0 radical (unpaired) electrons. The molecule has 1 heterocycles. The van der Waals surface area contributed by atoms with Crippen molar-refractivity contribution in [2.24, 2.45) is 5.73 Å². The first-order valence-electron chi connectivity index (χ1n) is 5.91. The Morgan fingerprint density at radius 2 is 1.79 bits per heavy atom. The van der Waals surface area contributed by atoms with Crippen molar-refractivity contribution in [1.82, 2.24) is 10.2 Å². The first kappa shape index (κ1) is 12.0. The number of hydrogen-bond acceptors (Lipinski definition) is 3. The van der Waals surface area contributed by atoms with E-state index in [9.17, 15) is 0 Å². The summed E-state index contributed by atoms with van der Waals surface area (Å²) < 4.78 is 0. The van der Waals surface area contributed by atoms with Crippen LogP contribution in [0.15, 0.2) is 0 Å². The molecule has 0 aromatic rings. The lowest BCUT2D eigenvalue weighted by Crippen LogP contribution is -2.46. The zero-order chi connectivity index (χ0) is 10.4. The van der Waals surface area contributed by atoms with Crippen LogP contribution in [0.3, 0.4) is 0 Å². The van der Waals surface area contributed by atoms with E-state index in [4.69, 9.17) is 5.73 Å². The van der Waals surface area contributed by atoms with Gasteiger partial charge in [0.05, 0.1) is 0 Å². The van der Waals surface area contributed by atoms with Crippen LogP contribution in [-0.4, -0.2) is 43.2 Å². The molecule has 1 fully saturated rings. The Bertz CT molecular complexity index is 143. The van der Waals surface area contributed by atoms with Gasteiger partial charge in [-0.1, -0.05) is 6.42 Å². The molecular weight excluding hydrogens is 174 g/mol. The molecule has 14 heavy (non-hydrogen) atoms. The normalized spacial score (nSPS) is 23.4. The van der Waals surface area contributed by atoms with Crippen LogP contribution >= 0.6 is 0 Å². The van der Waals surface area contributed by atoms with Crippen molar-refractivity contribution >= 4 is 0 Å². The zero-order valence-corrected chi connectivity index (χ0v) is 9.63. The predicted octanol–water partition coefficient (Wildman–Crippen LogP) is 0.798. The zero-order valence-electron chi connectivity index (χ0n) is 9.63. The second kappa shape index (κ2) is 6.38. The van der Waals surface area contributed by atoms with Crippen molar-refractivity contribution in [3.63, 3.8) is 0 Å². The summed E-state index contributed by atoms with van der Waals surface area (Å²) >= 11 is 0. The van der Waals surface area contributed by atoms with Gasteiger partial charge in [0, 0.05) is 25.2 Å². The molecule has 0 saturated carbocycles. The van der Waals surface area contributed by atoms with Gasteiger partial charge >= 0.3 is 0 Å². The van der Waals surface area contributed by atoms with Crippen molar-refractivity contribution in [3.05, 3.63) is 0 Å². The van der Waals surface area contributed by atoms with Crippen molar-refractivity contribution in [3.8, 4) is 0 Å². The highest BCUT2D eigenvalue weighted by Crippen LogP contribution is 2.08. The maximum Gasteiger partial charge on any atom is 0.0169 e. The van der Waals surface area contributed by atoms with Gasteiger partial charge in [-0.15, -0.1) is 0 Å². The van der Waals surface area contributed by atoms with E-state index in [1.807, 2.05) is 0 Å². The third-order valence-electron chi connectivity index (χ3n) is 2.90. The van der Waals surface area contributed by atoms with Crippen molar-refractivity contribution in [1.29, 1.82) is 0 Å². The minimum Gasteiger partial charge on any atom is -0.329 e. The number of piperidine rings is 1. The van der Waals surface area contributed by atoms with Crippen LogP contribution in [0.4, 0.5) is 0 Å². The van der Waals surface area contributed by atoms with E-state index >= 15 is 0 Å². The number of nitrogens with zero attached hydrogens (tertiary/aromatic N) is 1. The molecule has 0 bridgehead atoms. The maximum absolute atomic E-state index is 5.58. The molecule has 1 saturated heterocycles. The third kappa shape index (κ3) is 4.40. The smallest absolute Gasteiger partial charge is 0.0169 e. The Balaban J connectivity index is 2.14. The van der Waals surface area contributed by atoms with Crippen LogP contribution in [0.5, 0.6) is 0 Å². The van der Waals surface area contributed by atoms with E-state index in [0.29, 0.717) is 12.1 Å². The highest BCUT2D eigenvalue weighted by Gasteiger charge is 2.13. The fourth-order valence-electron chi connectivity index (χ4n) is 2.14. The lowest BCUT2D eigenvalue weighted by atomic mass is 10.1. The molecule has 0 aliphatic carbocycles. The quantitative estimate of drug-likeness (QED) is 0.688. The van der Waals surface area contributed by atoms with E-state index in [-0.39, 0.29) is 0 Å². The summed E-state index contributed by atoms with van der Waals surface area (Å²) in [5, 5.41) is 3.51. The van der Waals surface area contributed by atoms with E-state index in [0.717, 1.165) is 6.54 Å². The standard InChI is InChI=1S/C11H25N3/c1-10(8-12)13-11(2)9-14-6-4-3-5-7-14/h10-11,13H,3-9,12H2,1-2H3. The number of hydrogen-bond donors (Lipinski definition) is 2. The molecule has 1 rings (SSSR count). The van der Waals surface area contributed by atoms with E-state index in [1.54, 1.807) is 0 Å². The van der Waals surface area contributed by atoms with Crippen LogP contribution in [-0.2, 0) is 0 Å². The van der Waals surface area contributed by atoms with Crippen LogP contribution in [0.1, 0.15) is 33.1 Å². The average molecular weight is 199 g/mol. The van der Waals surface area contributed by atoms with Gasteiger partial charge < -0.3 is 16.0 Å². The molecule has 84 valence electrons. The first-order valence-corrected chi connectivity index (χ1v) is 5.91. The molecule has 0 aromatic carbocycles. The number of likely N-dealkylation sites (tertiary alicyclic amines) is 1. The van der Waals surface area contributed by atoms with Gasteiger partial charge in [0.15, 0.2) is 0 Å². The van der Waals surface area contributed by atoms with Gasteiger partial charge in [-0.25, -0.2) is 0 Å². The Morgan fingerprint density at radius 1 is 1.14 bits per heavy atom. The average Bonchev–Trinajstić information content (AvgIpc) is 2.19. The molecule has 0 amide bonds. The largest absolute Gasteiger partial charge is 0.329 e.